The van der Waals surface area contributed by atoms with Gasteiger partial charge in [0.15, 0.2) is 0 Å². The van der Waals surface area contributed by atoms with Crippen LogP contribution >= 0.6 is 0 Å². The molecule has 0 aromatic rings. The minimum absolute atomic E-state index is 0.299. The van der Waals surface area contributed by atoms with E-state index in [0.29, 0.717) is 5.54 Å². The average Bonchev–Trinajstić information content (AvgIpc) is 3.31. The second kappa shape index (κ2) is 6.55. The summed E-state index contributed by atoms with van der Waals surface area (Å²) in [6, 6.07) is 0.788. The molecule has 3 aliphatic rings. The predicted octanol–water partition coefficient (Wildman–Crippen LogP) is 2.57. The molecule has 0 aromatic carbocycles. The van der Waals surface area contributed by atoms with Crippen LogP contribution < -0.4 is 5.32 Å². The van der Waals surface area contributed by atoms with Crippen molar-refractivity contribution in [1.29, 1.82) is 0 Å². The number of nitrogens with zero attached hydrogens (tertiary/aromatic N) is 2. The van der Waals surface area contributed by atoms with Crippen molar-refractivity contribution in [2.24, 2.45) is 11.8 Å². The zero-order chi connectivity index (χ0) is 14.9. The molecule has 0 radical (unpaired) electrons. The van der Waals surface area contributed by atoms with Gasteiger partial charge in [-0.1, -0.05) is 12.8 Å². The minimum Gasteiger partial charge on any atom is -0.312 e. The van der Waals surface area contributed by atoms with Crippen molar-refractivity contribution in [3.63, 3.8) is 0 Å². The first-order chi connectivity index (χ1) is 10.0. The highest BCUT2D eigenvalue weighted by molar-refractivity contribution is 4.91. The molecule has 0 aromatic heterocycles. The maximum atomic E-state index is 3.93. The molecule has 3 rings (SSSR count). The number of hydrogen-bond donors (Lipinski definition) is 1. The Kier molecular flexibility index (Phi) is 4.92. The van der Waals surface area contributed by atoms with E-state index >= 15 is 0 Å². The fourth-order valence-corrected chi connectivity index (χ4v) is 4.33. The van der Waals surface area contributed by atoms with Crippen LogP contribution in [0.2, 0.25) is 0 Å². The summed E-state index contributed by atoms with van der Waals surface area (Å²) in [5, 5.41) is 3.93. The summed E-state index contributed by atoms with van der Waals surface area (Å²) in [6.07, 6.45) is 8.85. The highest BCUT2D eigenvalue weighted by Gasteiger charge is 2.35. The number of likely N-dealkylation sites (N-methyl/N-ethyl adjacent to an activating group) is 1. The van der Waals surface area contributed by atoms with Crippen LogP contribution in [0.3, 0.4) is 0 Å². The molecule has 122 valence electrons. The smallest absolute Gasteiger partial charge is 0.0278 e. The van der Waals surface area contributed by atoms with Gasteiger partial charge < -0.3 is 10.2 Å². The standard InChI is InChI=1S/C18H35N3/c1-18(2,21-11-9-20(3)10-12-21)14-19-17-6-4-5-16(13-17)15-7-8-15/h15-17,19H,4-14H2,1-3H3. The van der Waals surface area contributed by atoms with E-state index in [0.717, 1.165) is 24.4 Å². The van der Waals surface area contributed by atoms with Crippen molar-refractivity contribution in [3.8, 4) is 0 Å². The van der Waals surface area contributed by atoms with Crippen LogP contribution in [0.5, 0.6) is 0 Å². The highest BCUT2D eigenvalue weighted by Crippen LogP contribution is 2.43. The topological polar surface area (TPSA) is 18.5 Å². The lowest BCUT2D eigenvalue weighted by Gasteiger charge is -2.44. The predicted molar refractivity (Wildman–Crippen MR) is 89.6 cm³/mol. The molecule has 0 bridgehead atoms. The zero-order valence-corrected chi connectivity index (χ0v) is 14.4. The molecule has 2 unspecified atom stereocenters. The first-order valence-corrected chi connectivity index (χ1v) is 9.21. The van der Waals surface area contributed by atoms with Gasteiger partial charge in [0.05, 0.1) is 0 Å². The van der Waals surface area contributed by atoms with Crippen molar-refractivity contribution in [2.75, 3.05) is 39.8 Å². The van der Waals surface area contributed by atoms with E-state index in [-0.39, 0.29) is 0 Å². The second-order valence-electron chi connectivity index (χ2n) is 8.44. The van der Waals surface area contributed by atoms with Crippen molar-refractivity contribution < 1.29 is 0 Å². The molecule has 2 aliphatic carbocycles. The van der Waals surface area contributed by atoms with Gasteiger partial charge in [0.25, 0.3) is 0 Å². The van der Waals surface area contributed by atoms with Crippen LogP contribution in [-0.4, -0.2) is 61.2 Å². The molecule has 1 N–H and O–H groups in total. The highest BCUT2D eigenvalue weighted by atomic mass is 15.3. The molecular formula is C18H35N3. The average molecular weight is 293 g/mol. The lowest BCUT2D eigenvalue weighted by atomic mass is 9.82. The quantitative estimate of drug-likeness (QED) is 0.840. The van der Waals surface area contributed by atoms with Crippen molar-refractivity contribution in [1.82, 2.24) is 15.1 Å². The van der Waals surface area contributed by atoms with Crippen molar-refractivity contribution in [3.05, 3.63) is 0 Å². The molecule has 2 atom stereocenters. The van der Waals surface area contributed by atoms with Gasteiger partial charge in [0.1, 0.15) is 0 Å². The van der Waals surface area contributed by atoms with Crippen LogP contribution in [0.4, 0.5) is 0 Å². The third kappa shape index (κ3) is 4.20. The molecule has 2 saturated carbocycles. The van der Waals surface area contributed by atoms with E-state index in [4.69, 9.17) is 0 Å². The maximum absolute atomic E-state index is 3.93. The normalized spacial score (nSPS) is 33.3. The lowest BCUT2D eigenvalue weighted by Crippen LogP contribution is -2.58. The van der Waals surface area contributed by atoms with E-state index in [1.807, 2.05) is 0 Å². The second-order valence-corrected chi connectivity index (χ2v) is 8.44. The third-order valence-corrected chi connectivity index (χ3v) is 6.19. The fraction of sp³-hybridized carbons (Fsp3) is 1.00. The van der Waals surface area contributed by atoms with Gasteiger partial charge >= 0.3 is 0 Å². The van der Waals surface area contributed by atoms with Crippen LogP contribution in [0.15, 0.2) is 0 Å². The lowest BCUT2D eigenvalue weighted by molar-refractivity contribution is 0.0582. The maximum Gasteiger partial charge on any atom is 0.0278 e. The van der Waals surface area contributed by atoms with E-state index in [9.17, 15) is 0 Å². The van der Waals surface area contributed by atoms with Gasteiger partial charge in [-0.3, -0.25) is 4.90 Å². The van der Waals surface area contributed by atoms with E-state index < -0.39 is 0 Å². The van der Waals surface area contributed by atoms with Crippen molar-refractivity contribution in [2.45, 2.75) is 64.0 Å². The summed E-state index contributed by atoms with van der Waals surface area (Å²) >= 11 is 0. The molecule has 0 spiro atoms. The molecule has 3 heteroatoms. The summed E-state index contributed by atoms with van der Waals surface area (Å²) in [5.74, 6) is 2.14. The minimum atomic E-state index is 0.299. The SMILES string of the molecule is CN1CCN(C(C)(C)CNC2CCCC(C3CC3)C2)CC1. The Bertz CT molecular complexity index is 329. The van der Waals surface area contributed by atoms with Crippen LogP contribution in [-0.2, 0) is 0 Å². The van der Waals surface area contributed by atoms with Crippen LogP contribution in [0, 0.1) is 11.8 Å². The molecule has 1 aliphatic heterocycles. The Balaban J connectivity index is 1.44. The monoisotopic (exact) mass is 293 g/mol. The van der Waals surface area contributed by atoms with Gasteiger partial charge in [-0.25, -0.2) is 0 Å². The molecule has 1 saturated heterocycles. The van der Waals surface area contributed by atoms with Gasteiger partial charge in [-0.05, 0) is 58.4 Å². The third-order valence-electron chi connectivity index (χ3n) is 6.19. The summed E-state index contributed by atoms with van der Waals surface area (Å²) in [6.45, 7) is 10.9. The summed E-state index contributed by atoms with van der Waals surface area (Å²) in [7, 11) is 2.24. The summed E-state index contributed by atoms with van der Waals surface area (Å²) in [4.78, 5) is 5.13. The Morgan fingerprint density at radius 2 is 1.67 bits per heavy atom. The largest absolute Gasteiger partial charge is 0.312 e. The first-order valence-electron chi connectivity index (χ1n) is 9.21. The van der Waals surface area contributed by atoms with Gasteiger partial charge in [-0.15, -0.1) is 0 Å². The van der Waals surface area contributed by atoms with E-state index in [1.54, 1.807) is 0 Å². The van der Waals surface area contributed by atoms with Crippen molar-refractivity contribution >= 4 is 0 Å². The Morgan fingerprint density at radius 1 is 0.952 bits per heavy atom. The Hall–Kier alpha value is -0.120. The molecule has 0 amide bonds. The molecule has 1 heterocycles. The Labute approximate surface area is 131 Å². The molecule has 3 nitrogen and oxygen atoms in total. The van der Waals surface area contributed by atoms with E-state index in [2.05, 4.69) is 36.0 Å². The number of hydrogen-bond acceptors (Lipinski definition) is 3. The summed E-state index contributed by atoms with van der Waals surface area (Å²) < 4.78 is 0. The number of nitrogens with one attached hydrogen (secondary N) is 1. The summed E-state index contributed by atoms with van der Waals surface area (Å²) in [5.41, 5.74) is 0.299. The van der Waals surface area contributed by atoms with Crippen LogP contribution in [0.1, 0.15) is 52.4 Å². The first kappa shape index (κ1) is 15.8. The number of piperazine rings is 1. The molecular weight excluding hydrogens is 258 g/mol. The number of rotatable bonds is 5. The molecule has 3 fully saturated rings. The van der Waals surface area contributed by atoms with E-state index in [1.165, 1.54) is 64.7 Å². The van der Waals surface area contributed by atoms with Gasteiger partial charge in [0.2, 0.25) is 0 Å². The van der Waals surface area contributed by atoms with Crippen LogP contribution in [0.25, 0.3) is 0 Å². The Morgan fingerprint density at radius 3 is 2.33 bits per heavy atom. The van der Waals surface area contributed by atoms with Gasteiger partial charge in [0, 0.05) is 44.3 Å². The fourth-order valence-electron chi connectivity index (χ4n) is 4.33. The zero-order valence-electron chi connectivity index (χ0n) is 14.4. The van der Waals surface area contributed by atoms with Gasteiger partial charge in [-0.2, -0.15) is 0 Å². The molecule has 21 heavy (non-hydrogen) atoms.